The number of nitrogens with two attached hydrogens (primary N) is 1. The van der Waals surface area contributed by atoms with E-state index in [2.05, 4.69) is 18.3 Å². The van der Waals surface area contributed by atoms with E-state index in [4.69, 9.17) is 5.73 Å². The van der Waals surface area contributed by atoms with Crippen LogP contribution in [0, 0.1) is 5.92 Å². The molecule has 0 radical (unpaired) electrons. The van der Waals surface area contributed by atoms with Gasteiger partial charge in [0.25, 0.3) is 0 Å². The fourth-order valence-electron chi connectivity index (χ4n) is 2.55. The second-order valence-electron chi connectivity index (χ2n) is 4.56. The van der Waals surface area contributed by atoms with Gasteiger partial charge in [-0.05, 0) is 30.2 Å². The Balaban J connectivity index is 2.06. The molecule has 2 unspecified atom stereocenters. The summed E-state index contributed by atoms with van der Waals surface area (Å²) in [6, 6.07) is 4.10. The van der Waals surface area contributed by atoms with Crippen LogP contribution in [0.4, 0.5) is 0 Å². The van der Waals surface area contributed by atoms with Gasteiger partial charge < -0.3 is 5.73 Å². The van der Waals surface area contributed by atoms with E-state index in [1.165, 1.54) is 4.88 Å². The zero-order chi connectivity index (χ0) is 11.6. The van der Waals surface area contributed by atoms with Gasteiger partial charge >= 0.3 is 0 Å². The lowest BCUT2D eigenvalue weighted by atomic mass is 9.87. The number of hydrogen-bond acceptors (Lipinski definition) is 3. The molecule has 1 amide bonds. The van der Waals surface area contributed by atoms with Crippen LogP contribution in [0.1, 0.15) is 31.1 Å². The normalized spacial score (nSPS) is 29.4. The van der Waals surface area contributed by atoms with Gasteiger partial charge in [-0.2, -0.15) is 0 Å². The first-order valence-electron chi connectivity index (χ1n) is 5.72. The minimum atomic E-state index is -0.482. The van der Waals surface area contributed by atoms with Crippen molar-refractivity contribution in [3.05, 3.63) is 22.4 Å². The smallest absolute Gasteiger partial charge is 0.238 e. The molecule has 0 aliphatic heterocycles. The molecule has 1 heterocycles. The van der Waals surface area contributed by atoms with E-state index >= 15 is 0 Å². The van der Waals surface area contributed by atoms with Crippen molar-refractivity contribution < 1.29 is 4.79 Å². The van der Waals surface area contributed by atoms with Crippen molar-refractivity contribution in [2.24, 2.45) is 11.7 Å². The van der Waals surface area contributed by atoms with Crippen LogP contribution >= 0.6 is 11.3 Å². The highest BCUT2D eigenvalue weighted by atomic mass is 32.1. The molecule has 2 atom stereocenters. The lowest BCUT2D eigenvalue weighted by molar-refractivity contribution is -0.125. The minimum absolute atomic E-state index is 0.200. The predicted molar refractivity (Wildman–Crippen MR) is 66.1 cm³/mol. The van der Waals surface area contributed by atoms with E-state index in [1.807, 2.05) is 11.4 Å². The Morgan fingerprint density at radius 2 is 2.56 bits per heavy atom. The summed E-state index contributed by atoms with van der Waals surface area (Å²) in [4.78, 5) is 12.9. The van der Waals surface area contributed by atoms with Gasteiger partial charge in [0.1, 0.15) is 5.54 Å². The van der Waals surface area contributed by atoms with Crippen LogP contribution in [0.15, 0.2) is 17.5 Å². The fourth-order valence-corrected chi connectivity index (χ4v) is 3.20. The van der Waals surface area contributed by atoms with Gasteiger partial charge in [0.2, 0.25) is 5.91 Å². The molecule has 4 heteroatoms. The van der Waals surface area contributed by atoms with E-state index in [9.17, 15) is 4.79 Å². The maximum absolute atomic E-state index is 11.7. The van der Waals surface area contributed by atoms with Crippen molar-refractivity contribution in [1.82, 2.24) is 5.32 Å². The number of nitrogens with one attached hydrogen (secondary N) is 1. The molecule has 0 aromatic carbocycles. The average Bonchev–Trinajstić information content (AvgIpc) is 2.85. The Kier molecular flexibility index (Phi) is 3.30. The Morgan fingerprint density at radius 1 is 1.75 bits per heavy atom. The van der Waals surface area contributed by atoms with Gasteiger partial charge in [-0.15, -0.1) is 11.3 Å². The molecule has 2 rings (SSSR count). The first-order valence-corrected chi connectivity index (χ1v) is 6.60. The Labute approximate surface area is 100 Å². The second kappa shape index (κ2) is 4.55. The third-order valence-electron chi connectivity index (χ3n) is 3.65. The summed E-state index contributed by atoms with van der Waals surface area (Å²) in [5.41, 5.74) is 5.08. The molecule has 0 bridgehead atoms. The van der Waals surface area contributed by atoms with Crippen LogP contribution in [-0.4, -0.2) is 11.4 Å². The SMILES string of the molecule is CC1CCCC1(NCc1cccs1)C(N)=O. The predicted octanol–water partition coefficient (Wildman–Crippen LogP) is 1.88. The van der Waals surface area contributed by atoms with Crippen LogP contribution in [0.5, 0.6) is 0 Å². The van der Waals surface area contributed by atoms with Crippen LogP contribution in [0.25, 0.3) is 0 Å². The van der Waals surface area contributed by atoms with Crippen LogP contribution in [0.3, 0.4) is 0 Å². The highest BCUT2D eigenvalue weighted by molar-refractivity contribution is 7.09. The lowest BCUT2D eigenvalue weighted by Gasteiger charge is -2.31. The highest BCUT2D eigenvalue weighted by Gasteiger charge is 2.44. The number of carbonyl (C=O) groups excluding carboxylic acids is 1. The van der Waals surface area contributed by atoms with E-state index in [0.717, 1.165) is 25.8 Å². The van der Waals surface area contributed by atoms with Gasteiger partial charge in [0.05, 0.1) is 0 Å². The molecule has 1 aliphatic carbocycles. The van der Waals surface area contributed by atoms with Crippen molar-refractivity contribution in [3.63, 3.8) is 0 Å². The Bertz CT molecular complexity index is 363. The second-order valence-corrected chi connectivity index (χ2v) is 5.59. The van der Waals surface area contributed by atoms with E-state index in [0.29, 0.717) is 5.92 Å². The maximum Gasteiger partial charge on any atom is 0.238 e. The zero-order valence-corrected chi connectivity index (χ0v) is 10.3. The summed E-state index contributed by atoms with van der Waals surface area (Å²) < 4.78 is 0. The molecule has 3 nitrogen and oxygen atoms in total. The van der Waals surface area contributed by atoms with Crippen molar-refractivity contribution in [2.45, 2.75) is 38.3 Å². The molecular formula is C12H18N2OS. The molecule has 0 saturated heterocycles. The minimum Gasteiger partial charge on any atom is -0.368 e. The molecule has 1 fully saturated rings. The summed E-state index contributed by atoms with van der Waals surface area (Å²) in [5.74, 6) is 0.138. The first kappa shape index (κ1) is 11.6. The number of carbonyl (C=O) groups is 1. The molecule has 3 N–H and O–H groups in total. The summed E-state index contributed by atoms with van der Waals surface area (Å²) in [6.45, 7) is 2.85. The molecule has 1 aromatic rings. The molecule has 16 heavy (non-hydrogen) atoms. The van der Waals surface area contributed by atoms with Gasteiger partial charge in [-0.1, -0.05) is 19.4 Å². The standard InChI is InChI=1S/C12H18N2OS/c1-9-4-2-6-12(9,11(13)15)14-8-10-5-3-7-16-10/h3,5,7,9,14H,2,4,6,8H2,1H3,(H2,13,15). The molecule has 0 spiro atoms. The van der Waals surface area contributed by atoms with E-state index < -0.39 is 5.54 Å². The third-order valence-corrected chi connectivity index (χ3v) is 4.52. The quantitative estimate of drug-likeness (QED) is 0.841. The fraction of sp³-hybridized carbons (Fsp3) is 0.583. The maximum atomic E-state index is 11.7. The topological polar surface area (TPSA) is 55.1 Å². The first-order chi connectivity index (χ1) is 7.65. The number of primary amides is 1. The number of thiophene rings is 1. The highest BCUT2D eigenvalue weighted by Crippen LogP contribution is 2.35. The third kappa shape index (κ3) is 1.99. The van der Waals surface area contributed by atoms with Gasteiger partial charge in [-0.25, -0.2) is 0 Å². The van der Waals surface area contributed by atoms with Crippen molar-refractivity contribution in [2.75, 3.05) is 0 Å². The summed E-state index contributed by atoms with van der Waals surface area (Å²) in [6.07, 6.45) is 3.04. The van der Waals surface area contributed by atoms with E-state index in [-0.39, 0.29) is 5.91 Å². The summed E-state index contributed by atoms with van der Waals surface area (Å²) in [7, 11) is 0. The van der Waals surface area contributed by atoms with Gasteiger partial charge in [0, 0.05) is 11.4 Å². The van der Waals surface area contributed by atoms with Crippen LogP contribution < -0.4 is 11.1 Å². The summed E-state index contributed by atoms with van der Waals surface area (Å²) >= 11 is 1.70. The number of hydrogen-bond donors (Lipinski definition) is 2. The molecule has 1 aromatic heterocycles. The largest absolute Gasteiger partial charge is 0.368 e. The Hall–Kier alpha value is -0.870. The van der Waals surface area contributed by atoms with Crippen molar-refractivity contribution in [3.8, 4) is 0 Å². The van der Waals surface area contributed by atoms with Gasteiger partial charge in [0.15, 0.2) is 0 Å². The van der Waals surface area contributed by atoms with Crippen LogP contribution in [0.2, 0.25) is 0 Å². The van der Waals surface area contributed by atoms with Crippen molar-refractivity contribution in [1.29, 1.82) is 0 Å². The van der Waals surface area contributed by atoms with Crippen molar-refractivity contribution >= 4 is 17.2 Å². The molecule has 1 aliphatic rings. The average molecular weight is 238 g/mol. The number of rotatable bonds is 4. The monoisotopic (exact) mass is 238 g/mol. The zero-order valence-electron chi connectivity index (χ0n) is 9.53. The molecule has 88 valence electrons. The number of amides is 1. The van der Waals surface area contributed by atoms with Crippen LogP contribution in [-0.2, 0) is 11.3 Å². The van der Waals surface area contributed by atoms with E-state index in [1.54, 1.807) is 11.3 Å². The Morgan fingerprint density at radius 3 is 3.06 bits per heavy atom. The van der Waals surface area contributed by atoms with Gasteiger partial charge in [-0.3, -0.25) is 10.1 Å². The molecule has 1 saturated carbocycles. The molecular weight excluding hydrogens is 220 g/mol. The summed E-state index contributed by atoms with van der Waals surface area (Å²) in [5, 5.41) is 5.43. The lowest BCUT2D eigenvalue weighted by Crippen LogP contribution is -2.56.